The molecule has 1 atom stereocenters. The number of halogens is 1. The lowest BCUT2D eigenvalue weighted by atomic mass is 9.90. The SMILES string of the molecule is COc1ccc(S(=O)(=O)N2c3cc(Cl)ccc3-c3ccccc3C2C)cc1. The summed E-state index contributed by atoms with van der Waals surface area (Å²) in [6, 6.07) is 19.3. The van der Waals surface area contributed by atoms with Crippen LogP contribution in [-0.4, -0.2) is 15.5 Å². The molecular weight excluding hydrogens is 382 g/mol. The van der Waals surface area contributed by atoms with Crippen molar-refractivity contribution in [3.05, 3.63) is 77.3 Å². The summed E-state index contributed by atoms with van der Waals surface area (Å²) in [6.07, 6.45) is 0. The molecule has 0 aliphatic carbocycles. The maximum absolute atomic E-state index is 13.5. The van der Waals surface area contributed by atoms with E-state index in [9.17, 15) is 8.42 Å². The lowest BCUT2D eigenvalue weighted by Gasteiger charge is -2.37. The number of hydrogen-bond acceptors (Lipinski definition) is 3. The van der Waals surface area contributed by atoms with E-state index >= 15 is 0 Å². The summed E-state index contributed by atoms with van der Waals surface area (Å²) in [5.74, 6) is 0.606. The molecule has 0 bridgehead atoms. The molecule has 3 aromatic carbocycles. The van der Waals surface area contributed by atoms with Crippen LogP contribution in [0.5, 0.6) is 5.75 Å². The van der Waals surface area contributed by atoms with Crippen molar-refractivity contribution in [2.24, 2.45) is 0 Å². The highest BCUT2D eigenvalue weighted by atomic mass is 35.5. The number of hydrogen-bond donors (Lipinski definition) is 0. The van der Waals surface area contributed by atoms with E-state index in [-0.39, 0.29) is 10.9 Å². The van der Waals surface area contributed by atoms with Crippen LogP contribution in [0.2, 0.25) is 5.02 Å². The second-order valence-corrected chi connectivity index (χ2v) is 8.65. The van der Waals surface area contributed by atoms with Gasteiger partial charge in [-0.2, -0.15) is 0 Å². The van der Waals surface area contributed by atoms with E-state index in [1.807, 2.05) is 37.3 Å². The fraction of sp³-hybridized carbons (Fsp3) is 0.143. The van der Waals surface area contributed by atoms with Gasteiger partial charge < -0.3 is 4.74 Å². The standard InChI is InChI=1S/C21H18ClNO3S/c1-14-18-5-3-4-6-19(18)20-12-7-15(22)13-21(20)23(14)27(24,25)17-10-8-16(26-2)9-11-17/h3-14H,1-2H3. The lowest BCUT2D eigenvalue weighted by Crippen LogP contribution is -2.36. The molecule has 0 saturated heterocycles. The third-order valence-corrected chi connectivity index (χ3v) is 7.00. The smallest absolute Gasteiger partial charge is 0.264 e. The van der Waals surface area contributed by atoms with Crippen molar-refractivity contribution in [2.75, 3.05) is 11.4 Å². The molecule has 0 radical (unpaired) electrons. The Morgan fingerprint density at radius 3 is 2.37 bits per heavy atom. The highest BCUT2D eigenvalue weighted by Crippen LogP contribution is 2.47. The molecule has 0 N–H and O–H groups in total. The van der Waals surface area contributed by atoms with Gasteiger partial charge in [0.05, 0.1) is 23.7 Å². The van der Waals surface area contributed by atoms with Crippen LogP contribution in [0, 0.1) is 0 Å². The monoisotopic (exact) mass is 399 g/mol. The van der Waals surface area contributed by atoms with Crippen LogP contribution in [0.4, 0.5) is 5.69 Å². The highest BCUT2D eigenvalue weighted by molar-refractivity contribution is 7.92. The van der Waals surface area contributed by atoms with Crippen LogP contribution in [0.25, 0.3) is 11.1 Å². The third-order valence-electron chi connectivity index (χ3n) is 4.87. The quantitative estimate of drug-likeness (QED) is 0.601. The second-order valence-electron chi connectivity index (χ2n) is 6.40. The second kappa shape index (κ2) is 6.59. The van der Waals surface area contributed by atoms with Crippen molar-refractivity contribution in [2.45, 2.75) is 17.9 Å². The van der Waals surface area contributed by atoms with Crippen LogP contribution in [-0.2, 0) is 10.0 Å². The minimum atomic E-state index is -3.79. The average Bonchev–Trinajstić information content (AvgIpc) is 2.68. The Morgan fingerprint density at radius 1 is 0.963 bits per heavy atom. The van der Waals surface area contributed by atoms with Crippen molar-refractivity contribution in [1.82, 2.24) is 0 Å². The highest BCUT2D eigenvalue weighted by Gasteiger charge is 2.36. The van der Waals surface area contributed by atoms with E-state index in [4.69, 9.17) is 16.3 Å². The molecule has 0 spiro atoms. The fourth-order valence-corrected chi connectivity index (χ4v) is 5.37. The Hall–Kier alpha value is -2.50. The summed E-state index contributed by atoms with van der Waals surface area (Å²) >= 11 is 6.21. The number of nitrogens with zero attached hydrogens (tertiary/aromatic N) is 1. The van der Waals surface area contributed by atoms with Crippen molar-refractivity contribution in [1.29, 1.82) is 0 Å². The van der Waals surface area contributed by atoms with Crippen LogP contribution >= 0.6 is 11.6 Å². The molecule has 1 unspecified atom stereocenters. The number of benzene rings is 3. The Kier molecular flexibility index (Phi) is 4.36. The van der Waals surface area contributed by atoms with Crippen molar-refractivity contribution >= 4 is 27.3 Å². The zero-order valence-corrected chi connectivity index (χ0v) is 16.5. The number of fused-ring (bicyclic) bond motifs is 3. The van der Waals surface area contributed by atoms with Gasteiger partial charge in [0.1, 0.15) is 5.75 Å². The molecule has 0 fully saturated rings. The minimum Gasteiger partial charge on any atom is -0.497 e. The number of rotatable bonds is 3. The van der Waals surface area contributed by atoms with Gasteiger partial charge in [-0.15, -0.1) is 0 Å². The fourth-order valence-electron chi connectivity index (χ4n) is 3.56. The van der Waals surface area contributed by atoms with E-state index in [2.05, 4.69) is 0 Å². The number of anilines is 1. The molecule has 1 heterocycles. The molecule has 4 rings (SSSR count). The lowest BCUT2D eigenvalue weighted by molar-refractivity contribution is 0.414. The van der Waals surface area contributed by atoms with Gasteiger partial charge >= 0.3 is 0 Å². The molecule has 1 aliphatic rings. The predicted octanol–water partition coefficient (Wildman–Crippen LogP) is 5.29. The topological polar surface area (TPSA) is 46.6 Å². The number of ether oxygens (including phenoxy) is 1. The first-order chi connectivity index (χ1) is 12.9. The zero-order valence-electron chi connectivity index (χ0n) is 14.9. The summed E-state index contributed by atoms with van der Waals surface area (Å²) in [7, 11) is -2.24. The van der Waals surface area contributed by atoms with Gasteiger partial charge in [0, 0.05) is 10.6 Å². The molecule has 0 saturated carbocycles. The van der Waals surface area contributed by atoms with Gasteiger partial charge in [-0.25, -0.2) is 8.42 Å². The van der Waals surface area contributed by atoms with Gasteiger partial charge in [0.25, 0.3) is 10.0 Å². The Bertz CT molecular complexity index is 1110. The molecule has 0 amide bonds. The van der Waals surface area contributed by atoms with E-state index in [0.29, 0.717) is 16.5 Å². The molecule has 0 aromatic heterocycles. The number of methoxy groups -OCH3 is 1. The Balaban J connectivity index is 1.93. The molecular formula is C21H18ClNO3S. The first-order valence-electron chi connectivity index (χ1n) is 8.51. The van der Waals surface area contributed by atoms with Gasteiger partial charge in [-0.3, -0.25) is 4.31 Å². The normalized spacial score (nSPS) is 15.8. The zero-order chi connectivity index (χ0) is 19.2. The van der Waals surface area contributed by atoms with Crippen molar-refractivity contribution < 1.29 is 13.2 Å². The molecule has 1 aliphatic heterocycles. The summed E-state index contributed by atoms with van der Waals surface area (Å²) in [6.45, 7) is 1.89. The third kappa shape index (κ3) is 2.87. The summed E-state index contributed by atoms with van der Waals surface area (Å²) in [4.78, 5) is 0.209. The average molecular weight is 400 g/mol. The van der Waals surface area contributed by atoms with Gasteiger partial charge in [-0.1, -0.05) is 41.9 Å². The van der Waals surface area contributed by atoms with E-state index in [1.54, 1.807) is 43.5 Å². The van der Waals surface area contributed by atoms with Crippen molar-refractivity contribution in [3.63, 3.8) is 0 Å². The molecule has 138 valence electrons. The van der Waals surface area contributed by atoms with E-state index in [0.717, 1.165) is 16.7 Å². The Morgan fingerprint density at radius 2 is 1.67 bits per heavy atom. The Labute approximate surface area is 164 Å². The first-order valence-corrected chi connectivity index (χ1v) is 10.3. The summed E-state index contributed by atoms with van der Waals surface area (Å²) in [5, 5.41) is 0.496. The predicted molar refractivity (Wildman–Crippen MR) is 108 cm³/mol. The van der Waals surface area contributed by atoms with Crippen molar-refractivity contribution in [3.8, 4) is 16.9 Å². The van der Waals surface area contributed by atoms with Crippen LogP contribution in [0.1, 0.15) is 18.5 Å². The van der Waals surface area contributed by atoms with Crippen LogP contribution in [0.3, 0.4) is 0 Å². The van der Waals surface area contributed by atoms with Crippen LogP contribution in [0.15, 0.2) is 71.6 Å². The first kappa shape index (κ1) is 17.9. The van der Waals surface area contributed by atoms with Gasteiger partial charge in [0.2, 0.25) is 0 Å². The summed E-state index contributed by atoms with van der Waals surface area (Å²) < 4.78 is 33.6. The van der Waals surface area contributed by atoms with Crippen LogP contribution < -0.4 is 9.04 Å². The largest absolute Gasteiger partial charge is 0.497 e. The van der Waals surface area contributed by atoms with Gasteiger partial charge in [-0.05, 0) is 54.4 Å². The number of sulfonamides is 1. The molecule has 4 nitrogen and oxygen atoms in total. The van der Waals surface area contributed by atoms with E-state index < -0.39 is 10.0 Å². The molecule has 3 aromatic rings. The minimum absolute atomic E-state index is 0.209. The van der Waals surface area contributed by atoms with Gasteiger partial charge in [0.15, 0.2) is 0 Å². The molecule has 27 heavy (non-hydrogen) atoms. The van der Waals surface area contributed by atoms with E-state index in [1.165, 1.54) is 4.31 Å². The molecule has 6 heteroatoms. The maximum atomic E-state index is 13.5. The maximum Gasteiger partial charge on any atom is 0.264 e. The summed E-state index contributed by atoms with van der Waals surface area (Å²) in [5.41, 5.74) is 3.43.